The first-order valence-electron chi connectivity index (χ1n) is 11.7. The Bertz CT molecular complexity index is 942. The normalized spacial score (nSPS) is 13.8. The molecule has 3 heterocycles. The zero-order valence-electron chi connectivity index (χ0n) is 19.8. The molecule has 1 aliphatic heterocycles. The van der Waals surface area contributed by atoms with E-state index < -0.39 is 0 Å². The van der Waals surface area contributed by atoms with Gasteiger partial charge >= 0.3 is 6.09 Å². The van der Waals surface area contributed by atoms with Crippen LogP contribution in [0.3, 0.4) is 0 Å². The van der Waals surface area contributed by atoms with Gasteiger partial charge in [-0.2, -0.15) is 0 Å². The van der Waals surface area contributed by atoms with Crippen molar-refractivity contribution >= 4 is 17.9 Å². The van der Waals surface area contributed by atoms with Gasteiger partial charge in [-0.3, -0.25) is 9.59 Å². The highest BCUT2D eigenvalue weighted by molar-refractivity contribution is 5.91. The molecule has 9 nitrogen and oxygen atoms in total. The lowest BCUT2D eigenvalue weighted by Crippen LogP contribution is -2.50. The molecule has 2 aromatic heterocycles. The molecule has 1 saturated heterocycles. The van der Waals surface area contributed by atoms with Gasteiger partial charge in [-0.15, -0.1) is 0 Å². The largest absolute Gasteiger partial charge is 0.454 e. The molecule has 33 heavy (non-hydrogen) atoms. The third kappa shape index (κ3) is 6.18. The Kier molecular flexibility index (Phi) is 8.57. The van der Waals surface area contributed by atoms with E-state index in [-0.39, 0.29) is 23.7 Å². The Morgan fingerprint density at radius 1 is 1.03 bits per heavy atom. The smallest absolute Gasteiger partial charge is 0.409 e. The summed E-state index contributed by atoms with van der Waals surface area (Å²) in [6.07, 6.45) is 3.00. The highest BCUT2D eigenvalue weighted by atomic mass is 16.6. The summed E-state index contributed by atoms with van der Waals surface area (Å²) in [5.74, 6) is 0.917. The van der Waals surface area contributed by atoms with E-state index in [0.29, 0.717) is 58.1 Å². The topological polar surface area (TPSA) is 88.2 Å². The highest BCUT2D eigenvalue weighted by Gasteiger charge is 2.27. The van der Waals surface area contributed by atoms with Gasteiger partial charge in [-0.1, -0.05) is 13.8 Å². The van der Waals surface area contributed by atoms with Gasteiger partial charge in [0.1, 0.15) is 5.76 Å². The minimum atomic E-state index is -0.342. The fraction of sp³-hybridized carbons (Fsp3) is 0.542. The van der Waals surface area contributed by atoms with Gasteiger partial charge < -0.3 is 28.4 Å². The fourth-order valence-corrected chi connectivity index (χ4v) is 3.94. The van der Waals surface area contributed by atoms with Crippen LogP contribution >= 0.6 is 0 Å². The lowest BCUT2D eigenvalue weighted by molar-refractivity contribution is -0.131. The third-order valence-corrected chi connectivity index (χ3v) is 5.72. The minimum Gasteiger partial charge on any atom is -0.454 e. The first-order valence-corrected chi connectivity index (χ1v) is 11.7. The van der Waals surface area contributed by atoms with E-state index in [9.17, 15) is 14.4 Å². The molecule has 3 amide bonds. The van der Waals surface area contributed by atoms with E-state index in [0.717, 1.165) is 18.7 Å². The Labute approximate surface area is 194 Å². The molecular weight excluding hydrogens is 424 g/mol. The van der Waals surface area contributed by atoms with Crippen molar-refractivity contribution in [3.8, 4) is 0 Å². The van der Waals surface area contributed by atoms with Crippen molar-refractivity contribution < 1.29 is 23.5 Å². The number of hydrogen-bond donors (Lipinski definition) is 0. The molecular formula is C24H34N4O5. The van der Waals surface area contributed by atoms with Crippen LogP contribution in [0.25, 0.3) is 0 Å². The van der Waals surface area contributed by atoms with Crippen molar-refractivity contribution in [1.29, 1.82) is 0 Å². The van der Waals surface area contributed by atoms with E-state index in [4.69, 9.17) is 9.15 Å². The second-order valence-electron chi connectivity index (χ2n) is 8.04. The van der Waals surface area contributed by atoms with E-state index in [1.165, 1.54) is 0 Å². The summed E-state index contributed by atoms with van der Waals surface area (Å²) in [6, 6.07) is 7.47. The first-order chi connectivity index (χ1) is 16.0. The quantitative estimate of drug-likeness (QED) is 0.576. The lowest BCUT2D eigenvalue weighted by atomic mass is 10.3. The Morgan fingerprint density at radius 3 is 2.42 bits per heavy atom. The highest BCUT2D eigenvalue weighted by Crippen LogP contribution is 2.16. The van der Waals surface area contributed by atoms with Crippen LogP contribution in [0.5, 0.6) is 0 Å². The van der Waals surface area contributed by atoms with Crippen LogP contribution in [-0.2, 0) is 22.6 Å². The van der Waals surface area contributed by atoms with Gasteiger partial charge in [0.2, 0.25) is 5.91 Å². The second-order valence-corrected chi connectivity index (χ2v) is 8.04. The Morgan fingerprint density at radius 2 is 1.76 bits per heavy atom. The Balaban J connectivity index is 1.59. The maximum atomic E-state index is 12.9. The number of furan rings is 1. The molecule has 0 aliphatic carbocycles. The molecule has 2 aromatic rings. The average molecular weight is 459 g/mol. The summed E-state index contributed by atoms with van der Waals surface area (Å²) in [7, 11) is 0. The number of rotatable bonds is 9. The van der Waals surface area contributed by atoms with Crippen LogP contribution in [0.2, 0.25) is 0 Å². The molecule has 0 spiro atoms. The van der Waals surface area contributed by atoms with E-state index >= 15 is 0 Å². The molecule has 3 rings (SSSR count). The van der Waals surface area contributed by atoms with Gasteiger partial charge in [0, 0.05) is 51.0 Å². The number of hydrogen-bond acceptors (Lipinski definition) is 5. The fourth-order valence-electron chi connectivity index (χ4n) is 3.94. The number of carbonyl (C=O) groups excluding carboxylic acids is 3. The zero-order valence-corrected chi connectivity index (χ0v) is 19.8. The maximum absolute atomic E-state index is 12.9. The summed E-state index contributed by atoms with van der Waals surface area (Å²) in [5, 5.41) is 0. The number of nitrogens with zero attached hydrogens (tertiary/aromatic N) is 4. The summed E-state index contributed by atoms with van der Waals surface area (Å²) >= 11 is 0. The molecule has 9 heteroatoms. The minimum absolute atomic E-state index is 0.138. The maximum Gasteiger partial charge on any atom is 0.409 e. The van der Waals surface area contributed by atoms with Crippen LogP contribution in [-0.4, -0.2) is 76.5 Å². The molecule has 1 aliphatic rings. The van der Waals surface area contributed by atoms with E-state index in [2.05, 4.69) is 6.92 Å². The molecule has 0 aromatic carbocycles. The molecule has 0 saturated carbocycles. The van der Waals surface area contributed by atoms with Crippen LogP contribution in [0.15, 0.2) is 34.9 Å². The molecule has 1 fully saturated rings. The van der Waals surface area contributed by atoms with Crippen LogP contribution in [0.4, 0.5) is 4.79 Å². The summed E-state index contributed by atoms with van der Waals surface area (Å²) < 4.78 is 12.9. The van der Waals surface area contributed by atoms with Crippen LogP contribution in [0.1, 0.15) is 55.6 Å². The average Bonchev–Trinajstić information content (AvgIpc) is 3.48. The van der Waals surface area contributed by atoms with E-state index in [1.807, 2.05) is 40.8 Å². The van der Waals surface area contributed by atoms with Gasteiger partial charge in [-0.05, 0) is 37.6 Å². The molecule has 0 bridgehead atoms. The number of ether oxygens (including phenoxy) is 1. The summed E-state index contributed by atoms with van der Waals surface area (Å²) in [4.78, 5) is 42.1. The van der Waals surface area contributed by atoms with Gasteiger partial charge in [0.05, 0.1) is 19.7 Å². The second kappa shape index (κ2) is 11.6. The van der Waals surface area contributed by atoms with Gasteiger partial charge in [0.25, 0.3) is 5.91 Å². The van der Waals surface area contributed by atoms with E-state index in [1.54, 1.807) is 22.8 Å². The van der Waals surface area contributed by atoms with Crippen molar-refractivity contribution in [2.24, 2.45) is 0 Å². The predicted molar refractivity (Wildman–Crippen MR) is 123 cm³/mol. The van der Waals surface area contributed by atoms with Gasteiger partial charge in [-0.25, -0.2) is 4.79 Å². The SMILES string of the molecule is CCCN(Cc1cccn1Cc1ccc(C(=O)N2CCN(C(=O)OCC)CC2)o1)C(=O)CC. The van der Waals surface area contributed by atoms with Crippen LogP contribution < -0.4 is 0 Å². The lowest BCUT2D eigenvalue weighted by Gasteiger charge is -2.33. The van der Waals surface area contributed by atoms with Crippen molar-refractivity contribution in [2.45, 2.75) is 46.7 Å². The number of aromatic nitrogens is 1. The number of piperazine rings is 1. The summed E-state index contributed by atoms with van der Waals surface area (Å²) in [5.41, 5.74) is 1.02. The van der Waals surface area contributed by atoms with Crippen molar-refractivity contribution in [3.05, 3.63) is 47.7 Å². The Hall–Kier alpha value is -3.23. The standard InChI is InChI=1S/C24H34N4O5/c1-4-11-28(22(29)5-2)17-19-8-7-12-27(19)18-20-9-10-21(33-20)23(30)25-13-15-26(16-14-25)24(31)32-6-3/h7-10,12H,4-6,11,13-18H2,1-3H3. The van der Waals surface area contributed by atoms with Crippen molar-refractivity contribution in [3.63, 3.8) is 0 Å². The third-order valence-electron chi connectivity index (χ3n) is 5.72. The molecule has 0 unspecified atom stereocenters. The molecule has 0 atom stereocenters. The van der Waals surface area contributed by atoms with Crippen LogP contribution in [0, 0.1) is 0 Å². The van der Waals surface area contributed by atoms with Crippen molar-refractivity contribution in [1.82, 2.24) is 19.3 Å². The first kappa shape index (κ1) is 24.4. The molecule has 0 radical (unpaired) electrons. The van der Waals surface area contributed by atoms with Gasteiger partial charge in [0.15, 0.2) is 5.76 Å². The summed E-state index contributed by atoms with van der Waals surface area (Å²) in [6.45, 7) is 9.55. The predicted octanol–water partition coefficient (Wildman–Crippen LogP) is 3.19. The van der Waals surface area contributed by atoms with Crippen molar-refractivity contribution in [2.75, 3.05) is 39.3 Å². The molecule has 180 valence electrons. The molecule has 0 N–H and O–H groups in total. The zero-order chi connectivity index (χ0) is 23.8. The number of carbonyl (C=O) groups is 3. The monoisotopic (exact) mass is 458 g/mol. The number of amides is 3.